The highest BCUT2D eigenvalue weighted by atomic mass is 32.2. The van der Waals surface area contributed by atoms with E-state index < -0.39 is 0 Å². The molecule has 2 aliphatic heterocycles. The number of amides is 2. The number of nitrogens with zero attached hydrogens (tertiary/aromatic N) is 1. The van der Waals surface area contributed by atoms with Crippen LogP contribution in [0.4, 0.5) is 11.4 Å². The van der Waals surface area contributed by atoms with E-state index in [0.29, 0.717) is 17.4 Å². The second-order valence-electron chi connectivity index (χ2n) is 6.64. The Hall–Kier alpha value is -2.47. The molecule has 0 saturated carbocycles. The number of benzene rings is 2. The first kappa shape index (κ1) is 17.0. The van der Waals surface area contributed by atoms with E-state index in [9.17, 15) is 9.59 Å². The van der Waals surface area contributed by atoms with Crippen LogP contribution in [0.3, 0.4) is 0 Å². The first-order valence-electron chi connectivity index (χ1n) is 8.83. The molecular weight excluding hydrogens is 346 g/mol. The molecule has 4 rings (SSSR count). The fourth-order valence-electron chi connectivity index (χ4n) is 3.34. The summed E-state index contributed by atoms with van der Waals surface area (Å²) in [5.74, 6) is -0.0143. The third kappa shape index (κ3) is 3.29. The number of nitrogens with one attached hydrogen (secondary N) is 2. The average molecular weight is 367 g/mol. The fourth-order valence-corrected chi connectivity index (χ4v) is 4.45. The van der Waals surface area contributed by atoms with Crippen molar-refractivity contribution in [1.29, 1.82) is 0 Å². The van der Waals surface area contributed by atoms with E-state index in [1.807, 2.05) is 53.1 Å². The van der Waals surface area contributed by atoms with Crippen molar-refractivity contribution < 1.29 is 9.59 Å². The molecule has 2 aromatic rings. The lowest BCUT2D eigenvalue weighted by molar-refractivity contribution is -0.117. The van der Waals surface area contributed by atoms with Gasteiger partial charge in [-0.05, 0) is 36.2 Å². The largest absolute Gasteiger partial charge is 0.376 e. The van der Waals surface area contributed by atoms with Gasteiger partial charge in [0.2, 0.25) is 5.91 Å². The van der Waals surface area contributed by atoms with Crippen LogP contribution < -0.4 is 15.5 Å². The van der Waals surface area contributed by atoms with Crippen molar-refractivity contribution >= 4 is 35.0 Å². The van der Waals surface area contributed by atoms with Crippen molar-refractivity contribution in [3.8, 4) is 0 Å². The van der Waals surface area contributed by atoms with E-state index in [-0.39, 0.29) is 18.4 Å². The summed E-state index contributed by atoms with van der Waals surface area (Å²) < 4.78 is 0. The lowest BCUT2D eigenvalue weighted by Gasteiger charge is -2.23. The summed E-state index contributed by atoms with van der Waals surface area (Å²) in [6.07, 6.45) is 0.962. The SMILES string of the molecule is CC1CCN(C(=O)CNc2ccc3c(c2)C(=O)NC3)c2ccccc2S1. The van der Waals surface area contributed by atoms with E-state index >= 15 is 0 Å². The van der Waals surface area contributed by atoms with E-state index in [1.54, 1.807) is 0 Å². The highest BCUT2D eigenvalue weighted by Crippen LogP contribution is 2.37. The Morgan fingerprint density at radius 2 is 2.15 bits per heavy atom. The molecule has 1 unspecified atom stereocenters. The zero-order valence-electron chi connectivity index (χ0n) is 14.6. The number of fused-ring (bicyclic) bond motifs is 2. The molecule has 1 atom stereocenters. The van der Waals surface area contributed by atoms with E-state index in [0.717, 1.165) is 34.8 Å². The number of carbonyl (C=O) groups is 2. The molecule has 0 bridgehead atoms. The second-order valence-corrected chi connectivity index (χ2v) is 8.12. The van der Waals surface area contributed by atoms with Gasteiger partial charge in [-0.15, -0.1) is 11.8 Å². The minimum atomic E-state index is -0.0533. The topological polar surface area (TPSA) is 61.4 Å². The van der Waals surface area contributed by atoms with E-state index in [1.165, 1.54) is 0 Å². The standard InChI is InChI=1S/C20H21N3O2S/c1-13-8-9-23(17-4-2-3-5-18(17)26-13)19(24)12-21-15-7-6-14-11-22-20(25)16(14)10-15/h2-7,10,13,21H,8-9,11-12H2,1H3,(H,22,25). The molecule has 134 valence electrons. The van der Waals surface area contributed by atoms with Crippen molar-refractivity contribution in [3.63, 3.8) is 0 Å². The molecule has 0 saturated heterocycles. The molecule has 2 aliphatic rings. The van der Waals surface area contributed by atoms with Crippen LogP contribution in [0.15, 0.2) is 47.4 Å². The van der Waals surface area contributed by atoms with Gasteiger partial charge in [0.15, 0.2) is 0 Å². The van der Waals surface area contributed by atoms with Gasteiger partial charge < -0.3 is 15.5 Å². The average Bonchev–Trinajstić information content (AvgIpc) is 2.92. The van der Waals surface area contributed by atoms with Crippen LogP contribution in [0.5, 0.6) is 0 Å². The zero-order valence-corrected chi connectivity index (χ0v) is 15.4. The minimum absolute atomic E-state index is 0.0390. The molecule has 2 aromatic carbocycles. The molecule has 5 nitrogen and oxygen atoms in total. The van der Waals surface area contributed by atoms with Gasteiger partial charge in [-0.2, -0.15) is 0 Å². The van der Waals surface area contributed by atoms with Gasteiger partial charge in [0.1, 0.15) is 0 Å². The number of carbonyl (C=O) groups excluding carboxylic acids is 2. The minimum Gasteiger partial charge on any atom is -0.376 e. The van der Waals surface area contributed by atoms with Crippen LogP contribution in [0.1, 0.15) is 29.3 Å². The number of thioether (sulfide) groups is 1. The first-order valence-corrected chi connectivity index (χ1v) is 9.71. The highest BCUT2D eigenvalue weighted by molar-refractivity contribution is 8.00. The summed E-state index contributed by atoms with van der Waals surface area (Å²) in [6.45, 7) is 3.70. The third-order valence-electron chi connectivity index (χ3n) is 4.78. The maximum absolute atomic E-state index is 12.9. The Labute approximate surface area is 157 Å². The molecule has 2 amide bonds. The van der Waals surface area contributed by atoms with Gasteiger partial charge in [-0.1, -0.05) is 25.1 Å². The molecule has 6 heteroatoms. The van der Waals surface area contributed by atoms with Gasteiger partial charge in [0.05, 0.1) is 12.2 Å². The molecule has 0 aliphatic carbocycles. The number of rotatable bonds is 3. The van der Waals surface area contributed by atoms with Gasteiger partial charge in [-0.3, -0.25) is 9.59 Å². The summed E-state index contributed by atoms with van der Waals surface area (Å²) in [5.41, 5.74) is 3.47. The number of hydrogen-bond donors (Lipinski definition) is 2. The zero-order chi connectivity index (χ0) is 18.1. The first-order chi connectivity index (χ1) is 12.6. The number of anilines is 2. The summed E-state index contributed by atoms with van der Waals surface area (Å²) in [4.78, 5) is 27.7. The Bertz CT molecular complexity index is 868. The van der Waals surface area contributed by atoms with Gasteiger partial charge >= 0.3 is 0 Å². The summed E-state index contributed by atoms with van der Waals surface area (Å²) in [7, 11) is 0. The Morgan fingerprint density at radius 3 is 3.04 bits per heavy atom. The maximum atomic E-state index is 12.9. The predicted octanol–water partition coefficient (Wildman–Crippen LogP) is 3.26. The summed E-state index contributed by atoms with van der Waals surface area (Å²) in [6, 6.07) is 13.7. The van der Waals surface area contributed by atoms with Gasteiger partial charge in [0, 0.05) is 34.5 Å². The molecular formula is C20H21N3O2S. The smallest absolute Gasteiger partial charge is 0.251 e. The van der Waals surface area contributed by atoms with Crippen LogP contribution in [0.25, 0.3) is 0 Å². The lowest BCUT2D eigenvalue weighted by atomic mass is 10.1. The monoisotopic (exact) mass is 367 g/mol. The van der Waals surface area contributed by atoms with Crippen LogP contribution >= 0.6 is 11.8 Å². The molecule has 0 spiro atoms. The van der Waals surface area contributed by atoms with Crippen molar-refractivity contribution in [2.75, 3.05) is 23.3 Å². The van der Waals surface area contributed by atoms with Crippen LogP contribution in [0, 0.1) is 0 Å². The summed E-state index contributed by atoms with van der Waals surface area (Å²) in [5, 5.41) is 6.47. The Balaban J connectivity index is 1.49. The Morgan fingerprint density at radius 1 is 1.31 bits per heavy atom. The number of para-hydroxylation sites is 1. The third-order valence-corrected chi connectivity index (χ3v) is 6.02. The molecule has 2 heterocycles. The van der Waals surface area contributed by atoms with Crippen molar-refractivity contribution in [2.45, 2.75) is 30.0 Å². The number of hydrogen-bond acceptors (Lipinski definition) is 4. The lowest BCUT2D eigenvalue weighted by Crippen LogP contribution is -2.36. The van der Waals surface area contributed by atoms with Crippen molar-refractivity contribution in [1.82, 2.24) is 5.32 Å². The van der Waals surface area contributed by atoms with E-state index in [2.05, 4.69) is 23.6 Å². The van der Waals surface area contributed by atoms with Gasteiger partial charge in [-0.25, -0.2) is 0 Å². The predicted molar refractivity (Wildman–Crippen MR) is 105 cm³/mol. The van der Waals surface area contributed by atoms with Crippen LogP contribution in [0.2, 0.25) is 0 Å². The van der Waals surface area contributed by atoms with Crippen molar-refractivity contribution in [3.05, 3.63) is 53.6 Å². The molecule has 2 N–H and O–H groups in total. The molecule has 0 radical (unpaired) electrons. The Kier molecular flexibility index (Phi) is 4.59. The van der Waals surface area contributed by atoms with Crippen LogP contribution in [-0.4, -0.2) is 30.2 Å². The molecule has 0 aromatic heterocycles. The molecule has 0 fully saturated rings. The molecule has 26 heavy (non-hydrogen) atoms. The quantitative estimate of drug-likeness (QED) is 0.874. The van der Waals surface area contributed by atoms with E-state index in [4.69, 9.17) is 0 Å². The van der Waals surface area contributed by atoms with Gasteiger partial charge in [0.25, 0.3) is 5.91 Å². The highest BCUT2D eigenvalue weighted by Gasteiger charge is 2.24. The normalized spacial score (nSPS) is 18.6. The second kappa shape index (κ2) is 7.03. The van der Waals surface area contributed by atoms with Crippen LogP contribution in [-0.2, 0) is 11.3 Å². The summed E-state index contributed by atoms with van der Waals surface area (Å²) >= 11 is 1.82. The fraction of sp³-hybridized carbons (Fsp3) is 0.300. The van der Waals surface area contributed by atoms with Crippen molar-refractivity contribution in [2.24, 2.45) is 0 Å². The maximum Gasteiger partial charge on any atom is 0.251 e.